The molecular weight excluding hydrogens is 262 g/mol. The van der Waals surface area contributed by atoms with Crippen LogP contribution in [0.4, 0.5) is 5.82 Å². The summed E-state index contributed by atoms with van der Waals surface area (Å²) in [6, 6.07) is 10.1. The smallest absolute Gasteiger partial charge is 0.232 e. The third kappa shape index (κ3) is 2.01. The quantitative estimate of drug-likeness (QED) is 0.756. The SMILES string of the molecule is CCc1c(C)[nH]c2c1c(N)nc(=NC)n2-c1ccccc1. The molecule has 108 valence electrons. The minimum atomic E-state index is 0.527. The molecule has 0 spiro atoms. The molecule has 0 fully saturated rings. The number of para-hydroxylation sites is 1. The fourth-order valence-electron chi connectivity index (χ4n) is 2.82. The molecule has 1 aromatic carbocycles. The normalized spacial score (nSPS) is 12.2. The van der Waals surface area contributed by atoms with Crippen LogP contribution in [0.25, 0.3) is 16.7 Å². The van der Waals surface area contributed by atoms with Crippen molar-refractivity contribution >= 4 is 16.9 Å². The topological polar surface area (TPSA) is 72.0 Å². The van der Waals surface area contributed by atoms with E-state index in [1.165, 1.54) is 5.56 Å². The number of benzene rings is 1. The van der Waals surface area contributed by atoms with Gasteiger partial charge in [-0.1, -0.05) is 25.1 Å². The van der Waals surface area contributed by atoms with Crippen molar-refractivity contribution in [3.8, 4) is 5.69 Å². The Morgan fingerprint density at radius 3 is 2.62 bits per heavy atom. The van der Waals surface area contributed by atoms with E-state index in [2.05, 4.69) is 28.8 Å². The molecule has 3 aromatic rings. The van der Waals surface area contributed by atoms with Gasteiger partial charge >= 0.3 is 0 Å². The Balaban J connectivity index is 2.51. The van der Waals surface area contributed by atoms with Crippen LogP contribution in [0.15, 0.2) is 35.3 Å². The molecule has 21 heavy (non-hydrogen) atoms. The Morgan fingerprint density at radius 2 is 2.00 bits per heavy atom. The van der Waals surface area contributed by atoms with Crippen LogP contribution in [0.5, 0.6) is 0 Å². The Labute approximate surface area is 123 Å². The number of aromatic amines is 1. The molecule has 0 saturated carbocycles. The number of H-pyrrole nitrogens is 1. The molecule has 0 saturated heterocycles. The van der Waals surface area contributed by atoms with Gasteiger partial charge in [-0.2, -0.15) is 4.98 Å². The maximum Gasteiger partial charge on any atom is 0.232 e. The Morgan fingerprint density at radius 1 is 1.29 bits per heavy atom. The molecule has 5 heteroatoms. The second-order valence-electron chi connectivity index (χ2n) is 5.00. The van der Waals surface area contributed by atoms with E-state index in [1.54, 1.807) is 7.05 Å². The van der Waals surface area contributed by atoms with E-state index in [4.69, 9.17) is 5.73 Å². The summed E-state index contributed by atoms with van der Waals surface area (Å²) in [7, 11) is 1.73. The van der Waals surface area contributed by atoms with E-state index in [1.807, 2.05) is 34.9 Å². The first-order valence-electron chi connectivity index (χ1n) is 7.05. The molecule has 0 aliphatic rings. The third-order valence-corrected chi connectivity index (χ3v) is 3.77. The summed E-state index contributed by atoms with van der Waals surface area (Å²) in [5.74, 6) is 0.527. The fraction of sp³-hybridized carbons (Fsp3) is 0.250. The molecule has 0 atom stereocenters. The number of fused-ring (bicyclic) bond motifs is 1. The van der Waals surface area contributed by atoms with Gasteiger partial charge in [0, 0.05) is 12.7 Å². The van der Waals surface area contributed by atoms with E-state index in [-0.39, 0.29) is 0 Å². The highest BCUT2D eigenvalue weighted by Crippen LogP contribution is 2.26. The minimum Gasteiger partial charge on any atom is -0.383 e. The standard InChI is InChI=1S/C16H19N5/c1-4-12-10(2)19-15-13(12)14(17)20-16(18-3)21(15)11-8-6-5-7-9-11/h5-9,19H,4H2,1-3H3,(H2,17,18,20). The lowest BCUT2D eigenvalue weighted by Crippen LogP contribution is -2.24. The summed E-state index contributed by atoms with van der Waals surface area (Å²) in [4.78, 5) is 12.2. The van der Waals surface area contributed by atoms with Crippen LogP contribution in [0.2, 0.25) is 0 Å². The Bertz CT molecular complexity index is 856. The molecular formula is C16H19N5. The first kappa shape index (κ1) is 13.4. The molecule has 3 rings (SSSR count). The van der Waals surface area contributed by atoms with E-state index < -0.39 is 0 Å². The van der Waals surface area contributed by atoms with Gasteiger partial charge in [0.15, 0.2) is 0 Å². The van der Waals surface area contributed by atoms with Crippen molar-refractivity contribution in [1.29, 1.82) is 0 Å². The zero-order valence-corrected chi connectivity index (χ0v) is 12.5. The van der Waals surface area contributed by atoms with Gasteiger partial charge in [0.1, 0.15) is 11.5 Å². The van der Waals surface area contributed by atoms with Crippen LogP contribution in [0.3, 0.4) is 0 Å². The number of rotatable bonds is 2. The van der Waals surface area contributed by atoms with Gasteiger partial charge in [0.25, 0.3) is 0 Å². The van der Waals surface area contributed by atoms with Gasteiger partial charge in [-0.05, 0) is 31.0 Å². The van der Waals surface area contributed by atoms with Crippen LogP contribution < -0.4 is 11.4 Å². The number of aryl methyl sites for hydroxylation is 2. The molecule has 0 aliphatic heterocycles. The molecule has 0 unspecified atom stereocenters. The monoisotopic (exact) mass is 281 g/mol. The average molecular weight is 281 g/mol. The van der Waals surface area contributed by atoms with Gasteiger partial charge in [0.05, 0.1) is 11.1 Å². The van der Waals surface area contributed by atoms with Crippen LogP contribution >= 0.6 is 0 Å². The van der Waals surface area contributed by atoms with Gasteiger partial charge in [0.2, 0.25) is 5.62 Å². The van der Waals surface area contributed by atoms with Crippen molar-refractivity contribution in [2.24, 2.45) is 4.99 Å². The average Bonchev–Trinajstić information content (AvgIpc) is 2.84. The number of aromatic nitrogens is 3. The van der Waals surface area contributed by atoms with Gasteiger partial charge < -0.3 is 10.7 Å². The van der Waals surface area contributed by atoms with Crippen molar-refractivity contribution in [2.75, 3.05) is 12.8 Å². The predicted molar refractivity (Wildman–Crippen MR) is 85.4 cm³/mol. The van der Waals surface area contributed by atoms with Crippen molar-refractivity contribution < 1.29 is 0 Å². The molecule has 2 aromatic heterocycles. The lowest BCUT2D eigenvalue weighted by molar-refractivity contribution is 0.893. The van der Waals surface area contributed by atoms with Crippen molar-refractivity contribution in [3.05, 3.63) is 47.2 Å². The predicted octanol–water partition coefficient (Wildman–Crippen LogP) is 2.34. The summed E-state index contributed by atoms with van der Waals surface area (Å²) in [6.45, 7) is 4.19. The maximum absolute atomic E-state index is 6.16. The zero-order valence-electron chi connectivity index (χ0n) is 12.5. The van der Waals surface area contributed by atoms with Crippen molar-refractivity contribution in [3.63, 3.8) is 0 Å². The van der Waals surface area contributed by atoms with E-state index >= 15 is 0 Å². The van der Waals surface area contributed by atoms with Crippen LogP contribution in [-0.4, -0.2) is 21.6 Å². The third-order valence-electron chi connectivity index (χ3n) is 3.77. The fourth-order valence-corrected chi connectivity index (χ4v) is 2.82. The molecule has 0 aliphatic carbocycles. The molecule has 0 bridgehead atoms. The van der Waals surface area contributed by atoms with Gasteiger partial charge in [-0.3, -0.25) is 9.56 Å². The Hall–Kier alpha value is -2.56. The second kappa shape index (κ2) is 5.09. The summed E-state index contributed by atoms with van der Waals surface area (Å²) >= 11 is 0. The van der Waals surface area contributed by atoms with Crippen LogP contribution in [-0.2, 0) is 6.42 Å². The van der Waals surface area contributed by atoms with Gasteiger partial charge in [-0.25, -0.2) is 0 Å². The summed E-state index contributed by atoms with van der Waals surface area (Å²) < 4.78 is 2.01. The first-order chi connectivity index (χ1) is 10.2. The van der Waals surface area contributed by atoms with E-state index in [0.29, 0.717) is 11.4 Å². The highest BCUT2D eigenvalue weighted by molar-refractivity contribution is 5.91. The lowest BCUT2D eigenvalue weighted by atomic mass is 10.1. The molecule has 3 N–H and O–H groups in total. The molecule has 0 radical (unpaired) electrons. The van der Waals surface area contributed by atoms with Crippen molar-refractivity contribution in [2.45, 2.75) is 20.3 Å². The largest absolute Gasteiger partial charge is 0.383 e. The number of nitrogen functional groups attached to an aromatic ring is 1. The van der Waals surface area contributed by atoms with Crippen molar-refractivity contribution in [1.82, 2.24) is 14.5 Å². The highest BCUT2D eigenvalue weighted by atomic mass is 15.2. The van der Waals surface area contributed by atoms with Crippen LogP contribution in [0.1, 0.15) is 18.2 Å². The number of nitrogens with one attached hydrogen (secondary N) is 1. The number of hydrogen-bond donors (Lipinski definition) is 2. The number of nitrogens with zero attached hydrogens (tertiary/aromatic N) is 3. The van der Waals surface area contributed by atoms with Gasteiger partial charge in [-0.15, -0.1) is 0 Å². The Kier molecular flexibility index (Phi) is 3.25. The van der Waals surface area contributed by atoms with E-state index in [0.717, 1.165) is 28.8 Å². The molecule has 5 nitrogen and oxygen atoms in total. The number of nitrogens with two attached hydrogens (primary N) is 1. The minimum absolute atomic E-state index is 0.527. The number of hydrogen-bond acceptors (Lipinski definition) is 3. The second-order valence-corrected chi connectivity index (χ2v) is 5.00. The summed E-state index contributed by atoms with van der Waals surface area (Å²) in [5, 5.41) is 0.992. The molecule has 2 heterocycles. The summed E-state index contributed by atoms with van der Waals surface area (Å²) in [5.41, 5.74) is 11.1. The first-order valence-corrected chi connectivity index (χ1v) is 7.05. The summed E-state index contributed by atoms with van der Waals surface area (Å²) in [6.07, 6.45) is 0.912. The van der Waals surface area contributed by atoms with Crippen LogP contribution in [0, 0.1) is 6.92 Å². The zero-order chi connectivity index (χ0) is 15.0. The molecule has 0 amide bonds. The van der Waals surface area contributed by atoms with E-state index in [9.17, 15) is 0 Å². The maximum atomic E-state index is 6.16. The number of anilines is 1. The lowest BCUT2D eigenvalue weighted by Gasteiger charge is -2.10. The highest BCUT2D eigenvalue weighted by Gasteiger charge is 2.16.